The maximum Gasteiger partial charge on any atom is 0.275 e. The van der Waals surface area contributed by atoms with Crippen molar-refractivity contribution in [1.29, 1.82) is 0 Å². The van der Waals surface area contributed by atoms with Crippen molar-refractivity contribution in [2.45, 2.75) is 102 Å². The summed E-state index contributed by atoms with van der Waals surface area (Å²) in [5.41, 5.74) is 2.53. The van der Waals surface area contributed by atoms with E-state index in [9.17, 15) is 9.90 Å². The number of ether oxygens (including phenoxy) is 1. The topological polar surface area (TPSA) is 67.6 Å². The van der Waals surface area contributed by atoms with Crippen molar-refractivity contribution in [2.24, 2.45) is 0 Å². The van der Waals surface area contributed by atoms with Gasteiger partial charge in [-0.3, -0.25) is 9.36 Å². The molecule has 1 aromatic carbocycles. The maximum atomic E-state index is 13.5. The van der Waals surface area contributed by atoms with E-state index in [1.54, 1.807) is 10.9 Å². The van der Waals surface area contributed by atoms with E-state index in [0.29, 0.717) is 28.7 Å². The fourth-order valence-electron chi connectivity index (χ4n) is 5.82. The third-order valence-electron chi connectivity index (χ3n) is 8.16. The van der Waals surface area contributed by atoms with E-state index < -0.39 is 6.10 Å². The van der Waals surface area contributed by atoms with Crippen molar-refractivity contribution >= 4 is 21.6 Å². The molecule has 1 N–H and O–H groups in total. The molecule has 2 unspecified atom stereocenters. The Morgan fingerprint density at radius 1 is 1.16 bits per heavy atom. The smallest absolute Gasteiger partial charge is 0.275 e. The van der Waals surface area contributed by atoms with Gasteiger partial charge in [0, 0.05) is 12.1 Å². The monoisotopic (exact) mass is 533 g/mol. The average Bonchev–Trinajstić information content (AvgIpc) is 3.42. The maximum absolute atomic E-state index is 13.5. The van der Waals surface area contributed by atoms with Crippen LogP contribution in [0.5, 0.6) is 5.75 Å². The van der Waals surface area contributed by atoms with Crippen LogP contribution >= 0.6 is 11.3 Å². The largest absolute Gasteiger partial charge is 0.490 e. The van der Waals surface area contributed by atoms with E-state index in [4.69, 9.17) is 4.74 Å². The number of hydrogen-bond donors (Lipinski definition) is 1. The van der Waals surface area contributed by atoms with Gasteiger partial charge in [0.15, 0.2) is 0 Å². The number of piperidine rings is 1. The summed E-state index contributed by atoms with van der Waals surface area (Å²) in [4.78, 5) is 21.3. The number of aromatic nitrogens is 2. The summed E-state index contributed by atoms with van der Waals surface area (Å²) in [7, 11) is 2.26. The van der Waals surface area contributed by atoms with Crippen molar-refractivity contribution in [3.63, 3.8) is 0 Å². The number of thiophene rings is 1. The van der Waals surface area contributed by atoms with Crippen molar-refractivity contribution in [3.05, 3.63) is 51.4 Å². The summed E-state index contributed by atoms with van der Waals surface area (Å²) in [6.45, 7) is 4.11. The van der Waals surface area contributed by atoms with Crippen LogP contribution in [0.15, 0.2) is 35.4 Å². The number of benzene rings is 1. The van der Waals surface area contributed by atoms with E-state index in [2.05, 4.69) is 47.8 Å². The molecule has 0 amide bonds. The second-order valence-corrected chi connectivity index (χ2v) is 11.9. The van der Waals surface area contributed by atoms with E-state index in [1.165, 1.54) is 49.0 Å². The van der Waals surface area contributed by atoms with Gasteiger partial charge in [-0.15, -0.1) is 11.3 Å². The van der Waals surface area contributed by atoms with Crippen LogP contribution in [0.2, 0.25) is 0 Å². The zero-order chi connectivity index (χ0) is 26.6. The van der Waals surface area contributed by atoms with Gasteiger partial charge in [-0.25, -0.2) is 4.98 Å². The van der Waals surface area contributed by atoms with E-state index in [-0.39, 0.29) is 11.7 Å². The fraction of sp³-hybridized carbons (Fsp3) is 0.548. The molecule has 0 radical (unpaired) electrons. The highest BCUT2D eigenvalue weighted by Crippen LogP contribution is 2.37. The molecule has 4 atom stereocenters. The average molecular weight is 534 g/mol. The van der Waals surface area contributed by atoms with Gasteiger partial charge in [0.05, 0.1) is 16.1 Å². The molecular formula is C31H39N3O3S. The molecule has 0 saturated carbocycles. The van der Waals surface area contributed by atoms with Gasteiger partial charge in [-0.2, -0.15) is 0 Å². The fourth-order valence-corrected chi connectivity index (χ4v) is 6.72. The van der Waals surface area contributed by atoms with Crippen LogP contribution in [0.25, 0.3) is 15.9 Å². The lowest BCUT2D eigenvalue weighted by Gasteiger charge is -2.36. The normalized spacial score (nSPS) is 21.8. The molecular weight excluding hydrogens is 494 g/mol. The molecule has 0 spiro atoms. The number of nitrogens with zero attached hydrogens (tertiary/aromatic N) is 3. The Morgan fingerprint density at radius 2 is 1.95 bits per heavy atom. The first-order valence-electron chi connectivity index (χ1n) is 14.2. The minimum absolute atomic E-state index is 0.0958. The van der Waals surface area contributed by atoms with Crippen molar-refractivity contribution in [1.82, 2.24) is 14.5 Å². The number of unbranched alkanes of at least 4 members (excludes halogenated alkanes) is 3. The highest BCUT2D eigenvalue weighted by Gasteiger charge is 2.39. The molecule has 7 heteroatoms. The zero-order valence-electron chi connectivity index (χ0n) is 22.8. The number of fused-ring (bicyclic) bond motifs is 3. The molecule has 4 heterocycles. The van der Waals surface area contributed by atoms with Gasteiger partial charge >= 0.3 is 0 Å². The first-order chi connectivity index (χ1) is 18.5. The zero-order valence-corrected chi connectivity index (χ0v) is 23.6. The molecule has 202 valence electrons. The standard InChI is InChI=1S/C31H39N3O3S/c1-4-6-7-8-9-21-16-24(12-15-29(21)37-26-17-22-10-11-23(18-26)33(22)3)34-20-32-28-19-27(14-13-25(35)5-2)38-30(28)31(34)36/h12,15-16,19-20,22-23,25-26,35H,4-11,17-18H2,1-3H3/t22-,23+,25?,26?. The Labute approximate surface area is 229 Å². The van der Waals surface area contributed by atoms with Gasteiger partial charge in [0.2, 0.25) is 0 Å². The van der Waals surface area contributed by atoms with Gasteiger partial charge in [0.1, 0.15) is 29.0 Å². The predicted octanol–water partition coefficient (Wildman–Crippen LogP) is 5.70. The predicted molar refractivity (Wildman–Crippen MR) is 154 cm³/mol. The summed E-state index contributed by atoms with van der Waals surface area (Å²) < 4.78 is 8.87. The molecule has 5 rings (SSSR count). The number of hydrogen-bond acceptors (Lipinski definition) is 6. The van der Waals surface area contributed by atoms with Gasteiger partial charge in [-0.1, -0.05) is 45.0 Å². The molecule has 2 aliphatic rings. The SMILES string of the molecule is CCCCCCc1cc(-n2cnc3cc(C#CC(O)CC)sc3c2=O)ccc1OC1C[C@H]2CC[C@@H](C1)N2C. The Morgan fingerprint density at radius 3 is 2.68 bits per heavy atom. The van der Waals surface area contributed by atoms with Crippen molar-refractivity contribution in [2.75, 3.05) is 7.05 Å². The van der Waals surface area contributed by atoms with Crippen LogP contribution in [-0.2, 0) is 6.42 Å². The summed E-state index contributed by atoms with van der Waals surface area (Å²) in [5, 5.41) is 9.76. The minimum Gasteiger partial charge on any atom is -0.490 e. The summed E-state index contributed by atoms with van der Waals surface area (Å²) >= 11 is 1.33. The van der Waals surface area contributed by atoms with E-state index in [0.717, 1.165) is 42.0 Å². The van der Waals surface area contributed by atoms with E-state index in [1.807, 2.05) is 19.1 Å². The van der Waals surface area contributed by atoms with E-state index >= 15 is 0 Å². The van der Waals surface area contributed by atoms with Crippen molar-refractivity contribution < 1.29 is 9.84 Å². The highest BCUT2D eigenvalue weighted by atomic mass is 32.1. The third kappa shape index (κ3) is 5.83. The lowest BCUT2D eigenvalue weighted by Crippen LogP contribution is -2.43. The van der Waals surface area contributed by atoms with Crippen LogP contribution in [0.4, 0.5) is 0 Å². The number of rotatable bonds is 9. The molecule has 2 bridgehead atoms. The first kappa shape index (κ1) is 26.9. The second-order valence-electron chi connectivity index (χ2n) is 10.8. The third-order valence-corrected chi connectivity index (χ3v) is 9.18. The number of aliphatic hydroxyl groups is 1. The van der Waals surface area contributed by atoms with Crippen LogP contribution in [0.1, 0.15) is 82.1 Å². The molecule has 2 aliphatic heterocycles. The molecule has 0 aliphatic carbocycles. The summed E-state index contributed by atoms with van der Waals surface area (Å²) in [6.07, 6.45) is 12.2. The molecule has 2 aromatic heterocycles. The molecule has 3 aromatic rings. The number of aryl methyl sites for hydroxylation is 1. The quantitative estimate of drug-likeness (QED) is 0.282. The molecule has 6 nitrogen and oxygen atoms in total. The van der Waals surface area contributed by atoms with Gasteiger partial charge in [-0.05, 0) is 81.8 Å². The molecule has 2 fully saturated rings. The van der Waals surface area contributed by atoms with Crippen LogP contribution in [-0.4, -0.2) is 50.9 Å². The Balaban J connectivity index is 1.42. The second kappa shape index (κ2) is 12.0. The van der Waals surface area contributed by atoms with Crippen LogP contribution < -0.4 is 10.3 Å². The Kier molecular flexibility index (Phi) is 8.52. The lowest BCUT2D eigenvalue weighted by atomic mass is 10.00. The molecule has 38 heavy (non-hydrogen) atoms. The summed E-state index contributed by atoms with van der Waals surface area (Å²) in [6, 6.07) is 9.24. The first-order valence-corrected chi connectivity index (χ1v) is 15.0. The number of aliphatic hydroxyl groups excluding tert-OH is 1. The Bertz CT molecular complexity index is 1370. The summed E-state index contributed by atoms with van der Waals surface area (Å²) in [5.74, 6) is 6.77. The highest BCUT2D eigenvalue weighted by molar-refractivity contribution is 7.19. The van der Waals surface area contributed by atoms with Crippen LogP contribution in [0, 0.1) is 11.8 Å². The molecule has 2 saturated heterocycles. The lowest BCUT2D eigenvalue weighted by molar-refractivity contribution is 0.0655. The van der Waals surface area contributed by atoms with Gasteiger partial charge < -0.3 is 14.7 Å². The van der Waals surface area contributed by atoms with Crippen LogP contribution in [0.3, 0.4) is 0 Å². The van der Waals surface area contributed by atoms with Crippen molar-refractivity contribution in [3.8, 4) is 23.3 Å². The minimum atomic E-state index is -0.661. The van der Waals surface area contributed by atoms with Gasteiger partial charge in [0.25, 0.3) is 5.56 Å². The Hall–Kier alpha value is -2.66.